The molecule has 3 nitrogen and oxygen atoms in total. The van der Waals surface area contributed by atoms with Gasteiger partial charge in [-0.25, -0.2) is 0 Å². The zero-order chi connectivity index (χ0) is 10.6. The summed E-state index contributed by atoms with van der Waals surface area (Å²) in [5, 5.41) is 4.26. The summed E-state index contributed by atoms with van der Waals surface area (Å²) in [4.78, 5) is 0. The third-order valence-corrected chi connectivity index (χ3v) is 2.33. The van der Waals surface area contributed by atoms with Crippen LogP contribution in [0.15, 0.2) is 12.3 Å². The quantitative estimate of drug-likeness (QED) is 0.724. The molecule has 1 rings (SSSR count). The first-order valence-corrected chi connectivity index (χ1v) is 5.29. The van der Waals surface area contributed by atoms with Crippen molar-refractivity contribution in [2.24, 2.45) is 0 Å². The third-order valence-electron chi connectivity index (χ3n) is 2.33. The van der Waals surface area contributed by atoms with Crippen LogP contribution in [-0.4, -0.2) is 15.9 Å². The van der Waals surface area contributed by atoms with Gasteiger partial charge in [-0.2, -0.15) is 5.10 Å². The first-order valence-electron chi connectivity index (χ1n) is 5.29. The molecule has 1 aromatic heterocycles. The molecular formula is C11H20N2O. The number of nitrogens with zero attached hydrogens (tertiary/aromatic N) is 2. The minimum absolute atomic E-state index is 0.325. The maximum atomic E-state index is 5.67. The highest BCUT2D eigenvalue weighted by atomic mass is 16.5. The first kappa shape index (κ1) is 11.2. The molecule has 1 heterocycles. The lowest BCUT2D eigenvalue weighted by molar-refractivity contribution is 0.0461. The zero-order valence-electron chi connectivity index (χ0n) is 9.53. The van der Waals surface area contributed by atoms with Crippen molar-refractivity contribution in [1.82, 2.24) is 9.78 Å². The number of rotatable bonds is 5. The summed E-state index contributed by atoms with van der Waals surface area (Å²) in [7, 11) is 0. The van der Waals surface area contributed by atoms with E-state index in [4.69, 9.17) is 4.74 Å². The van der Waals surface area contributed by atoms with Crippen LogP contribution in [0.3, 0.4) is 0 Å². The number of hydrogen-bond acceptors (Lipinski definition) is 2. The van der Waals surface area contributed by atoms with Crippen molar-refractivity contribution in [3.05, 3.63) is 18.0 Å². The van der Waals surface area contributed by atoms with Gasteiger partial charge < -0.3 is 4.74 Å². The Hall–Kier alpha value is -0.830. The zero-order valence-corrected chi connectivity index (χ0v) is 9.53. The summed E-state index contributed by atoms with van der Waals surface area (Å²) < 4.78 is 7.67. The van der Waals surface area contributed by atoms with Gasteiger partial charge in [0.25, 0.3) is 0 Å². The van der Waals surface area contributed by atoms with Crippen LogP contribution >= 0.6 is 0 Å². The topological polar surface area (TPSA) is 27.1 Å². The van der Waals surface area contributed by atoms with E-state index in [9.17, 15) is 0 Å². The molecule has 0 N–H and O–H groups in total. The molecule has 3 heteroatoms. The van der Waals surface area contributed by atoms with E-state index in [2.05, 4.69) is 32.8 Å². The standard InChI is InChI=1S/C11H20N2O/c1-5-10(4)14-8-11-6-7-12-13(11)9(2)3/h6-7,9-10H,5,8H2,1-4H3/t10-/m1/s1. The lowest BCUT2D eigenvalue weighted by Crippen LogP contribution is -2.12. The summed E-state index contributed by atoms with van der Waals surface area (Å²) in [5.41, 5.74) is 1.15. The van der Waals surface area contributed by atoms with Gasteiger partial charge in [-0.15, -0.1) is 0 Å². The first-order chi connectivity index (χ1) is 6.65. The van der Waals surface area contributed by atoms with Crippen molar-refractivity contribution in [3.8, 4) is 0 Å². The second kappa shape index (κ2) is 5.15. The van der Waals surface area contributed by atoms with E-state index in [1.165, 1.54) is 0 Å². The van der Waals surface area contributed by atoms with Gasteiger partial charge in [-0.1, -0.05) is 6.92 Å². The summed E-state index contributed by atoms with van der Waals surface area (Å²) in [5.74, 6) is 0. The van der Waals surface area contributed by atoms with Crippen molar-refractivity contribution >= 4 is 0 Å². The van der Waals surface area contributed by atoms with Gasteiger partial charge in [0.15, 0.2) is 0 Å². The molecule has 1 atom stereocenters. The van der Waals surface area contributed by atoms with Crippen LogP contribution in [0, 0.1) is 0 Å². The molecule has 0 aliphatic carbocycles. The molecule has 0 saturated carbocycles. The summed E-state index contributed by atoms with van der Waals surface area (Å²) in [6.07, 6.45) is 3.20. The lowest BCUT2D eigenvalue weighted by atomic mass is 10.3. The monoisotopic (exact) mass is 196 g/mol. The summed E-state index contributed by atoms with van der Waals surface area (Å²) in [6, 6.07) is 2.42. The Bertz CT molecular complexity index is 268. The Labute approximate surface area is 86.1 Å². The van der Waals surface area contributed by atoms with Crippen molar-refractivity contribution in [1.29, 1.82) is 0 Å². The molecule has 0 bridgehead atoms. The van der Waals surface area contributed by atoms with Gasteiger partial charge in [-0.3, -0.25) is 4.68 Å². The highest BCUT2D eigenvalue weighted by Gasteiger charge is 2.07. The highest BCUT2D eigenvalue weighted by molar-refractivity contribution is 4.99. The Morgan fingerprint density at radius 2 is 2.14 bits per heavy atom. The molecular weight excluding hydrogens is 176 g/mol. The molecule has 0 unspecified atom stereocenters. The van der Waals surface area contributed by atoms with Crippen LogP contribution in [0.25, 0.3) is 0 Å². The molecule has 0 aromatic carbocycles. The van der Waals surface area contributed by atoms with Crippen LogP contribution in [0.2, 0.25) is 0 Å². The smallest absolute Gasteiger partial charge is 0.0888 e. The predicted molar refractivity (Wildman–Crippen MR) is 57.2 cm³/mol. The normalized spacial score (nSPS) is 13.5. The summed E-state index contributed by atoms with van der Waals surface area (Å²) >= 11 is 0. The fourth-order valence-electron chi connectivity index (χ4n) is 1.27. The number of ether oxygens (including phenoxy) is 1. The van der Waals surface area contributed by atoms with E-state index in [1.807, 2.05) is 16.9 Å². The van der Waals surface area contributed by atoms with E-state index in [0.717, 1.165) is 12.1 Å². The Kier molecular flexibility index (Phi) is 4.14. The van der Waals surface area contributed by atoms with Crippen molar-refractivity contribution < 1.29 is 4.74 Å². The average molecular weight is 196 g/mol. The molecule has 14 heavy (non-hydrogen) atoms. The minimum atomic E-state index is 0.325. The fourth-order valence-corrected chi connectivity index (χ4v) is 1.27. The van der Waals surface area contributed by atoms with Crippen LogP contribution < -0.4 is 0 Å². The maximum absolute atomic E-state index is 5.67. The fraction of sp³-hybridized carbons (Fsp3) is 0.727. The average Bonchev–Trinajstić information content (AvgIpc) is 2.62. The lowest BCUT2D eigenvalue weighted by Gasteiger charge is -2.13. The van der Waals surface area contributed by atoms with E-state index >= 15 is 0 Å². The van der Waals surface area contributed by atoms with Crippen LogP contribution in [0.4, 0.5) is 0 Å². The molecule has 0 aliphatic heterocycles. The van der Waals surface area contributed by atoms with Crippen LogP contribution in [0.5, 0.6) is 0 Å². The van der Waals surface area contributed by atoms with Crippen molar-refractivity contribution in [3.63, 3.8) is 0 Å². The van der Waals surface area contributed by atoms with Gasteiger partial charge in [0, 0.05) is 12.2 Å². The molecule has 0 amide bonds. The van der Waals surface area contributed by atoms with E-state index in [0.29, 0.717) is 18.8 Å². The SMILES string of the molecule is CC[C@@H](C)OCc1ccnn1C(C)C. The molecule has 80 valence electrons. The Morgan fingerprint density at radius 1 is 1.43 bits per heavy atom. The van der Waals surface area contributed by atoms with E-state index < -0.39 is 0 Å². The van der Waals surface area contributed by atoms with Crippen molar-refractivity contribution in [2.75, 3.05) is 0 Å². The molecule has 0 saturated heterocycles. The largest absolute Gasteiger partial charge is 0.372 e. The van der Waals surface area contributed by atoms with E-state index in [-0.39, 0.29) is 0 Å². The van der Waals surface area contributed by atoms with Crippen LogP contribution in [0.1, 0.15) is 45.9 Å². The van der Waals surface area contributed by atoms with Gasteiger partial charge in [0.05, 0.1) is 18.4 Å². The molecule has 1 aromatic rings. The van der Waals surface area contributed by atoms with Gasteiger partial charge in [-0.05, 0) is 33.3 Å². The number of aromatic nitrogens is 2. The minimum Gasteiger partial charge on any atom is -0.372 e. The molecule has 0 aliphatic rings. The van der Waals surface area contributed by atoms with Gasteiger partial charge in [0.1, 0.15) is 0 Å². The third kappa shape index (κ3) is 2.84. The summed E-state index contributed by atoms with van der Waals surface area (Å²) in [6.45, 7) is 9.13. The second-order valence-electron chi connectivity index (χ2n) is 3.89. The van der Waals surface area contributed by atoms with Gasteiger partial charge in [0.2, 0.25) is 0 Å². The molecule has 0 radical (unpaired) electrons. The number of hydrogen-bond donors (Lipinski definition) is 0. The van der Waals surface area contributed by atoms with Crippen LogP contribution in [-0.2, 0) is 11.3 Å². The van der Waals surface area contributed by atoms with Gasteiger partial charge >= 0.3 is 0 Å². The highest BCUT2D eigenvalue weighted by Crippen LogP contribution is 2.10. The predicted octanol–water partition coefficient (Wildman–Crippen LogP) is 2.78. The maximum Gasteiger partial charge on any atom is 0.0888 e. The van der Waals surface area contributed by atoms with Crippen molar-refractivity contribution in [2.45, 2.75) is 52.9 Å². The molecule has 0 spiro atoms. The van der Waals surface area contributed by atoms with E-state index in [1.54, 1.807) is 0 Å². The second-order valence-corrected chi connectivity index (χ2v) is 3.89. The Morgan fingerprint density at radius 3 is 2.71 bits per heavy atom. The Balaban J connectivity index is 2.54. The molecule has 0 fully saturated rings.